The van der Waals surface area contributed by atoms with Crippen LogP contribution in [0.15, 0.2) is 41.1 Å². The first-order valence-electron chi connectivity index (χ1n) is 6.29. The Morgan fingerprint density at radius 2 is 1.95 bits per heavy atom. The summed E-state index contributed by atoms with van der Waals surface area (Å²) in [5.74, 6) is -1.17. The Morgan fingerprint density at radius 1 is 1.20 bits per heavy atom. The van der Waals surface area contributed by atoms with E-state index in [4.69, 9.17) is 0 Å². The van der Waals surface area contributed by atoms with Crippen LogP contribution in [0.1, 0.15) is 21.5 Å². The Bertz CT molecular complexity index is 651. The van der Waals surface area contributed by atoms with E-state index in [9.17, 15) is 14.7 Å². The zero-order valence-electron chi connectivity index (χ0n) is 10.7. The van der Waals surface area contributed by atoms with Crippen molar-refractivity contribution < 1.29 is 14.7 Å². The number of carboxylic acids is 1. The maximum atomic E-state index is 12.5. The summed E-state index contributed by atoms with van der Waals surface area (Å²) in [7, 11) is 0. The first-order valence-corrected chi connectivity index (χ1v) is 7.24. The van der Waals surface area contributed by atoms with E-state index in [1.807, 2.05) is 29.6 Å². The number of benzene rings is 1. The van der Waals surface area contributed by atoms with Crippen molar-refractivity contribution in [3.05, 3.63) is 57.8 Å². The molecule has 1 atom stereocenters. The van der Waals surface area contributed by atoms with E-state index < -0.39 is 12.0 Å². The number of carbonyl (C=O) groups excluding carboxylic acids is 1. The van der Waals surface area contributed by atoms with Crippen LogP contribution < -0.4 is 0 Å². The quantitative estimate of drug-likeness (QED) is 0.922. The highest BCUT2D eigenvalue weighted by Crippen LogP contribution is 2.25. The monoisotopic (exact) mass is 287 g/mol. The summed E-state index contributed by atoms with van der Waals surface area (Å²) in [5.41, 5.74) is 2.59. The standard InChI is InChI=1S/C15H13NO3S/c17-14(12-5-6-20-9-12)16-8-11-4-2-1-3-10(11)7-13(16)15(18)19/h1-6,9,13H,7-8H2,(H,18,19)/t13-/m1/s1. The molecule has 1 aromatic carbocycles. The second-order valence-corrected chi connectivity index (χ2v) is 5.55. The van der Waals surface area contributed by atoms with Crippen LogP contribution in [0, 0.1) is 0 Å². The summed E-state index contributed by atoms with van der Waals surface area (Å²) in [5, 5.41) is 13.0. The van der Waals surface area contributed by atoms with Crippen molar-refractivity contribution in [2.24, 2.45) is 0 Å². The van der Waals surface area contributed by atoms with Crippen LogP contribution in [-0.2, 0) is 17.8 Å². The molecule has 1 aliphatic heterocycles. The van der Waals surface area contributed by atoms with Gasteiger partial charge in [0, 0.05) is 18.3 Å². The molecule has 20 heavy (non-hydrogen) atoms. The SMILES string of the molecule is O=C(O)[C@H]1Cc2ccccc2CN1C(=O)c1ccsc1. The zero-order valence-corrected chi connectivity index (χ0v) is 11.5. The highest BCUT2D eigenvalue weighted by atomic mass is 32.1. The lowest BCUT2D eigenvalue weighted by Gasteiger charge is -2.34. The van der Waals surface area contributed by atoms with Crippen LogP contribution in [0.2, 0.25) is 0 Å². The molecule has 0 aliphatic carbocycles. The highest BCUT2D eigenvalue weighted by molar-refractivity contribution is 7.08. The van der Waals surface area contributed by atoms with Crippen LogP contribution in [0.4, 0.5) is 0 Å². The minimum Gasteiger partial charge on any atom is -0.480 e. The number of hydrogen-bond acceptors (Lipinski definition) is 3. The zero-order chi connectivity index (χ0) is 14.1. The fraction of sp³-hybridized carbons (Fsp3) is 0.200. The number of rotatable bonds is 2. The maximum Gasteiger partial charge on any atom is 0.326 e. The minimum absolute atomic E-state index is 0.215. The van der Waals surface area contributed by atoms with Gasteiger partial charge in [-0.05, 0) is 22.6 Å². The largest absolute Gasteiger partial charge is 0.480 e. The summed E-state index contributed by atoms with van der Waals surface area (Å²) >= 11 is 1.43. The topological polar surface area (TPSA) is 57.6 Å². The van der Waals surface area contributed by atoms with E-state index in [2.05, 4.69) is 0 Å². The lowest BCUT2D eigenvalue weighted by Crippen LogP contribution is -2.48. The van der Waals surface area contributed by atoms with E-state index in [1.54, 1.807) is 11.4 Å². The first-order chi connectivity index (χ1) is 9.66. The van der Waals surface area contributed by atoms with Gasteiger partial charge in [-0.15, -0.1) is 0 Å². The molecule has 0 radical (unpaired) electrons. The molecule has 102 valence electrons. The van der Waals surface area contributed by atoms with Crippen LogP contribution in [0.5, 0.6) is 0 Å². The smallest absolute Gasteiger partial charge is 0.326 e. The molecule has 1 aliphatic rings. The van der Waals surface area contributed by atoms with Crippen LogP contribution >= 0.6 is 11.3 Å². The predicted octanol–water partition coefficient (Wildman–Crippen LogP) is 2.40. The number of carboxylic acid groups (broad SMARTS) is 1. The number of nitrogens with zero attached hydrogens (tertiary/aromatic N) is 1. The molecule has 0 bridgehead atoms. The van der Waals surface area contributed by atoms with Crippen molar-refractivity contribution in [3.63, 3.8) is 0 Å². The van der Waals surface area contributed by atoms with Crippen LogP contribution in [0.3, 0.4) is 0 Å². The van der Waals surface area contributed by atoms with Crippen LogP contribution in [-0.4, -0.2) is 27.9 Å². The summed E-state index contributed by atoms with van der Waals surface area (Å²) in [4.78, 5) is 25.4. The Balaban J connectivity index is 1.96. The minimum atomic E-state index is -0.955. The molecule has 5 heteroatoms. The Morgan fingerprint density at radius 3 is 2.60 bits per heavy atom. The molecule has 1 amide bonds. The molecule has 0 spiro atoms. The summed E-state index contributed by atoms with van der Waals surface area (Å²) in [6.45, 7) is 0.349. The molecule has 2 aromatic rings. The third-order valence-corrected chi connectivity index (χ3v) is 4.25. The van der Waals surface area contributed by atoms with Gasteiger partial charge in [-0.1, -0.05) is 24.3 Å². The number of aliphatic carboxylic acids is 1. The maximum absolute atomic E-state index is 12.5. The van der Waals surface area contributed by atoms with Gasteiger partial charge in [0.15, 0.2) is 0 Å². The fourth-order valence-electron chi connectivity index (χ4n) is 2.51. The number of fused-ring (bicyclic) bond motifs is 1. The van der Waals surface area contributed by atoms with Crippen molar-refractivity contribution in [2.45, 2.75) is 19.0 Å². The second-order valence-electron chi connectivity index (χ2n) is 4.77. The molecule has 0 fully saturated rings. The van der Waals surface area contributed by atoms with Gasteiger partial charge in [0.25, 0.3) is 5.91 Å². The molecule has 0 saturated carbocycles. The molecule has 0 unspecified atom stereocenters. The first kappa shape index (κ1) is 12.9. The van der Waals surface area contributed by atoms with Gasteiger partial charge in [0.1, 0.15) is 6.04 Å². The Labute approximate surface area is 120 Å². The molecular formula is C15H13NO3S. The molecule has 4 nitrogen and oxygen atoms in total. The summed E-state index contributed by atoms with van der Waals surface area (Å²) in [6, 6.07) is 8.62. The number of carbonyl (C=O) groups is 2. The van der Waals surface area contributed by atoms with Gasteiger partial charge in [-0.25, -0.2) is 4.79 Å². The lowest BCUT2D eigenvalue weighted by atomic mass is 9.93. The van der Waals surface area contributed by atoms with Crippen molar-refractivity contribution in [1.29, 1.82) is 0 Å². The molecule has 1 aromatic heterocycles. The van der Waals surface area contributed by atoms with E-state index in [1.165, 1.54) is 16.2 Å². The number of hydrogen-bond donors (Lipinski definition) is 1. The summed E-state index contributed by atoms with van der Waals surface area (Å²) in [6.07, 6.45) is 0.362. The lowest BCUT2D eigenvalue weighted by molar-refractivity contribution is -0.142. The average Bonchev–Trinajstić information content (AvgIpc) is 2.99. The van der Waals surface area contributed by atoms with Crippen molar-refractivity contribution >= 4 is 23.2 Å². The van der Waals surface area contributed by atoms with Crippen molar-refractivity contribution in [3.8, 4) is 0 Å². The molecule has 3 rings (SSSR count). The fourth-order valence-corrected chi connectivity index (χ4v) is 3.14. The summed E-state index contributed by atoms with van der Waals surface area (Å²) < 4.78 is 0. The molecule has 1 N–H and O–H groups in total. The highest BCUT2D eigenvalue weighted by Gasteiger charge is 2.34. The Hall–Kier alpha value is -2.14. The van der Waals surface area contributed by atoms with Gasteiger partial charge >= 0.3 is 5.97 Å². The normalized spacial score (nSPS) is 17.6. The number of amides is 1. The number of thiophene rings is 1. The third-order valence-electron chi connectivity index (χ3n) is 3.56. The molecular weight excluding hydrogens is 274 g/mol. The van der Waals surface area contributed by atoms with Gasteiger partial charge in [0.05, 0.1) is 5.56 Å². The van der Waals surface area contributed by atoms with E-state index >= 15 is 0 Å². The molecule has 2 heterocycles. The second kappa shape index (κ2) is 5.09. The van der Waals surface area contributed by atoms with Crippen LogP contribution in [0.25, 0.3) is 0 Å². The molecule has 0 saturated heterocycles. The van der Waals surface area contributed by atoms with Crippen molar-refractivity contribution in [2.75, 3.05) is 0 Å². The van der Waals surface area contributed by atoms with E-state index in [0.29, 0.717) is 18.5 Å². The Kier molecular flexibility index (Phi) is 3.28. The van der Waals surface area contributed by atoms with Gasteiger partial charge < -0.3 is 10.0 Å². The van der Waals surface area contributed by atoms with E-state index in [0.717, 1.165) is 11.1 Å². The van der Waals surface area contributed by atoms with Crippen molar-refractivity contribution in [1.82, 2.24) is 4.90 Å². The average molecular weight is 287 g/mol. The van der Waals surface area contributed by atoms with Gasteiger partial charge in [-0.2, -0.15) is 11.3 Å². The van der Waals surface area contributed by atoms with Gasteiger partial charge in [-0.3, -0.25) is 4.79 Å². The van der Waals surface area contributed by atoms with Gasteiger partial charge in [0.2, 0.25) is 0 Å². The predicted molar refractivity (Wildman–Crippen MR) is 75.8 cm³/mol. The third kappa shape index (κ3) is 2.20. The van der Waals surface area contributed by atoms with E-state index in [-0.39, 0.29) is 5.91 Å².